The van der Waals surface area contributed by atoms with E-state index in [2.05, 4.69) is 38.0 Å². The molecule has 1 saturated carbocycles. The smallest absolute Gasteiger partial charge is 0.0736 e. The number of rotatable bonds is 2. The van der Waals surface area contributed by atoms with Crippen LogP contribution in [0.5, 0.6) is 0 Å². The van der Waals surface area contributed by atoms with Crippen molar-refractivity contribution in [3.63, 3.8) is 0 Å². The molecule has 82 valence electrons. The predicted octanol–water partition coefficient (Wildman–Crippen LogP) is 2.51. The summed E-state index contributed by atoms with van der Waals surface area (Å²) in [5.74, 6) is 0. The molecule has 0 saturated heterocycles. The molecule has 1 aromatic rings. The first-order valence-corrected chi connectivity index (χ1v) is 5.33. The van der Waals surface area contributed by atoms with E-state index in [4.69, 9.17) is 5.73 Å². The number of aromatic nitrogens is 1. The van der Waals surface area contributed by atoms with Gasteiger partial charge in [0.05, 0.1) is 17.6 Å². The first kappa shape index (κ1) is 10.3. The van der Waals surface area contributed by atoms with Crippen LogP contribution in [0.4, 0.5) is 11.4 Å². The van der Waals surface area contributed by atoms with Gasteiger partial charge in [-0.05, 0) is 16.9 Å². The number of hydrogen-bond acceptors (Lipinski definition) is 3. The maximum atomic E-state index is 5.85. The summed E-state index contributed by atoms with van der Waals surface area (Å²) < 4.78 is 0. The van der Waals surface area contributed by atoms with E-state index >= 15 is 0 Å². The minimum absolute atomic E-state index is 0.322. The summed E-state index contributed by atoms with van der Waals surface area (Å²) in [6, 6.07) is 2.41. The van der Waals surface area contributed by atoms with Crippen LogP contribution in [0.15, 0.2) is 18.5 Å². The zero-order valence-electron chi connectivity index (χ0n) is 9.83. The summed E-state index contributed by atoms with van der Waals surface area (Å²) in [7, 11) is 0. The molecule has 0 unspecified atom stereocenters. The molecule has 1 fully saturated rings. The van der Waals surface area contributed by atoms with E-state index in [9.17, 15) is 0 Å². The number of nitrogens with zero attached hydrogens (tertiary/aromatic N) is 1. The van der Waals surface area contributed by atoms with Crippen LogP contribution in [0.2, 0.25) is 0 Å². The molecule has 0 radical (unpaired) electrons. The van der Waals surface area contributed by atoms with E-state index in [1.165, 1.54) is 0 Å². The lowest BCUT2D eigenvalue weighted by Crippen LogP contribution is -2.11. The highest BCUT2D eigenvalue weighted by Gasteiger charge is 2.64. The summed E-state index contributed by atoms with van der Waals surface area (Å²) in [5, 5.41) is 3.50. The third-order valence-electron chi connectivity index (χ3n) is 4.17. The van der Waals surface area contributed by atoms with Gasteiger partial charge in [0, 0.05) is 12.2 Å². The van der Waals surface area contributed by atoms with E-state index in [1.807, 2.05) is 6.07 Å². The highest BCUT2D eigenvalue weighted by molar-refractivity contribution is 5.65. The molecule has 1 aromatic heterocycles. The molecular weight excluding hydrogens is 186 g/mol. The molecule has 15 heavy (non-hydrogen) atoms. The fourth-order valence-corrected chi connectivity index (χ4v) is 2.25. The van der Waals surface area contributed by atoms with Gasteiger partial charge in [-0.15, -0.1) is 0 Å². The second kappa shape index (κ2) is 2.87. The van der Waals surface area contributed by atoms with Crippen molar-refractivity contribution in [3.8, 4) is 0 Å². The van der Waals surface area contributed by atoms with Crippen molar-refractivity contribution in [1.29, 1.82) is 0 Å². The number of pyridine rings is 1. The van der Waals surface area contributed by atoms with Crippen molar-refractivity contribution in [2.75, 3.05) is 11.1 Å². The molecule has 3 nitrogen and oxygen atoms in total. The van der Waals surface area contributed by atoms with Crippen LogP contribution in [0.25, 0.3) is 0 Å². The average molecular weight is 205 g/mol. The highest BCUT2D eigenvalue weighted by Crippen LogP contribution is 2.63. The molecule has 0 aromatic carbocycles. The molecule has 0 atom stereocenters. The van der Waals surface area contributed by atoms with E-state index in [1.54, 1.807) is 12.4 Å². The zero-order valence-corrected chi connectivity index (χ0v) is 9.83. The van der Waals surface area contributed by atoms with Crippen molar-refractivity contribution < 1.29 is 0 Å². The molecular formula is C12H19N3. The number of anilines is 2. The van der Waals surface area contributed by atoms with Gasteiger partial charge >= 0.3 is 0 Å². The van der Waals surface area contributed by atoms with Gasteiger partial charge in [-0.3, -0.25) is 4.98 Å². The Morgan fingerprint density at radius 2 is 1.87 bits per heavy atom. The Bertz CT molecular complexity index is 368. The SMILES string of the molecule is CC1(C)C(Nc2ccncc2N)C1(C)C. The van der Waals surface area contributed by atoms with Crippen LogP contribution < -0.4 is 11.1 Å². The molecule has 1 aliphatic carbocycles. The topological polar surface area (TPSA) is 50.9 Å². The van der Waals surface area contributed by atoms with Gasteiger partial charge in [0.15, 0.2) is 0 Å². The summed E-state index contributed by atoms with van der Waals surface area (Å²) in [6.07, 6.45) is 3.45. The van der Waals surface area contributed by atoms with Gasteiger partial charge < -0.3 is 11.1 Å². The summed E-state index contributed by atoms with van der Waals surface area (Å²) >= 11 is 0. The molecule has 0 bridgehead atoms. The Morgan fingerprint density at radius 1 is 1.27 bits per heavy atom. The van der Waals surface area contributed by atoms with Crippen LogP contribution in [0.3, 0.4) is 0 Å². The second-order valence-electron chi connectivity index (χ2n) is 5.48. The predicted molar refractivity (Wildman–Crippen MR) is 63.6 cm³/mol. The Kier molecular flexibility index (Phi) is 1.97. The third-order valence-corrected chi connectivity index (χ3v) is 4.17. The van der Waals surface area contributed by atoms with Gasteiger partial charge in [-0.2, -0.15) is 0 Å². The minimum Gasteiger partial charge on any atom is -0.396 e. The van der Waals surface area contributed by atoms with E-state index < -0.39 is 0 Å². The summed E-state index contributed by atoms with van der Waals surface area (Å²) in [6.45, 7) is 9.12. The maximum Gasteiger partial charge on any atom is 0.0736 e. The molecule has 0 aliphatic heterocycles. The van der Waals surface area contributed by atoms with Crippen molar-refractivity contribution in [2.24, 2.45) is 10.8 Å². The number of nitrogen functional groups attached to an aromatic ring is 1. The second-order valence-corrected chi connectivity index (χ2v) is 5.48. The lowest BCUT2D eigenvalue weighted by Gasteiger charge is -2.10. The van der Waals surface area contributed by atoms with Gasteiger partial charge in [0.25, 0.3) is 0 Å². The standard InChI is InChI=1S/C12H19N3/c1-11(2)10(12(11,3)4)15-9-5-6-14-7-8(9)13/h5-7,10H,13H2,1-4H3,(H,14,15). The first-order chi connectivity index (χ1) is 6.87. The zero-order chi connectivity index (χ0) is 11.3. The molecule has 3 heteroatoms. The van der Waals surface area contributed by atoms with Gasteiger partial charge in [-0.1, -0.05) is 27.7 Å². The van der Waals surface area contributed by atoms with Crippen LogP contribution in [0.1, 0.15) is 27.7 Å². The lowest BCUT2D eigenvalue weighted by molar-refractivity contribution is 0.457. The monoisotopic (exact) mass is 205 g/mol. The van der Waals surface area contributed by atoms with E-state index in [-0.39, 0.29) is 0 Å². The third kappa shape index (κ3) is 1.37. The Labute approximate surface area is 91.1 Å². The fourth-order valence-electron chi connectivity index (χ4n) is 2.25. The Hall–Kier alpha value is -1.25. The first-order valence-electron chi connectivity index (χ1n) is 5.33. The van der Waals surface area contributed by atoms with Crippen LogP contribution >= 0.6 is 0 Å². The van der Waals surface area contributed by atoms with Crippen molar-refractivity contribution in [1.82, 2.24) is 4.98 Å². The van der Waals surface area contributed by atoms with Crippen molar-refractivity contribution in [2.45, 2.75) is 33.7 Å². The van der Waals surface area contributed by atoms with Gasteiger partial charge in [-0.25, -0.2) is 0 Å². The molecule has 2 rings (SSSR count). The summed E-state index contributed by atoms with van der Waals surface area (Å²) in [4.78, 5) is 3.98. The highest BCUT2D eigenvalue weighted by atomic mass is 15.1. The molecule has 1 aliphatic rings. The molecule has 3 N–H and O–H groups in total. The van der Waals surface area contributed by atoms with Crippen molar-refractivity contribution in [3.05, 3.63) is 18.5 Å². The van der Waals surface area contributed by atoms with Crippen LogP contribution in [-0.2, 0) is 0 Å². The van der Waals surface area contributed by atoms with Gasteiger partial charge in [0.2, 0.25) is 0 Å². The average Bonchev–Trinajstić information content (AvgIpc) is 2.51. The fraction of sp³-hybridized carbons (Fsp3) is 0.583. The largest absolute Gasteiger partial charge is 0.396 e. The normalized spacial score (nSPS) is 22.4. The number of hydrogen-bond donors (Lipinski definition) is 2. The summed E-state index contributed by atoms with van der Waals surface area (Å²) in [5.41, 5.74) is 8.21. The van der Waals surface area contributed by atoms with Crippen LogP contribution in [-0.4, -0.2) is 11.0 Å². The Balaban J connectivity index is 2.16. The van der Waals surface area contributed by atoms with E-state index in [0.717, 1.165) is 11.4 Å². The minimum atomic E-state index is 0.322. The van der Waals surface area contributed by atoms with E-state index in [0.29, 0.717) is 16.9 Å². The van der Waals surface area contributed by atoms with Gasteiger partial charge in [0.1, 0.15) is 0 Å². The number of nitrogens with one attached hydrogen (secondary N) is 1. The van der Waals surface area contributed by atoms with Crippen molar-refractivity contribution >= 4 is 11.4 Å². The lowest BCUT2D eigenvalue weighted by atomic mass is 10.0. The number of nitrogens with two attached hydrogens (primary N) is 1. The quantitative estimate of drug-likeness (QED) is 0.780. The van der Waals surface area contributed by atoms with Crippen LogP contribution in [0, 0.1) is 10.8 Å². The molecule has 1 heterocycles. The maximum absolute atomic E-state index is 5.85. The molecule has 0 amide bonds. The molecule has 0 spiro atoms. The Morgan fingerprint density at radius 3 is 2.33 bits per heavy atom.